The van der Waals surface area contributed by atoms with E-state index in [9.17, 15) is 9.59 Å². The lowest BCUT2D eigenvalue weighted by molar-refractivity contribution is -0.142. The van der Waals surface area contributed by atoms with E-state index in [0.29, 0.717) is 12.8 Å². The van der Waals surface area contributed by atoms with Crippen LogP contribution in [0.4, 0.5) is 0 Å². The molecular weight excluding hydrogens is 162 g/mol. The van der Waals surface area contributed by atoms with Crippen molar-refractivity contribution in [3.63, 3.8) is 0 Å². The first-order chi connectivity index (χ1) is 5.66. The van der Waals surface area contributed by atoms with Gasteiger partial charge in [0.1, 0.15) is 0 Å². The molecule has 70 valence electrons. The van der Waals surface area contributed by atoms with E-state index in [1.807, 2.05) is 0 Å². The Balaban J connectivity index is 3.11. The first kappa shape index (κ1) is 10.9. The number of carbonyl (C=O) groups is 2. The van der Waals surface area contributed by atoms with E-state index in [0.717, 1.165) is 0 Å². The van der Waals surface area contributed by atoms with Gasteiger partial charge in [0.05, 0.1) is 13.2 Å². The molecule has 0 bridgehead atoms. The minimum absolute atomic E-state index is 0.111. The highest BCUT2D eigenvalue weighted by atomic mass is 16.5. The molecule has 0 aromatic rings. The Hall–Kier alpha value is -1.10. The number of rotatable bonds is 6. The normalized spacial score (nSPS) is 9.42. The van der Waals surface area contributed by atoms with Crippen molar-refractivity contribution in [3.05, 3.63) is 0 Å². The van der Waals surface area contributed by atoms with E-state index in [4.69, 9.17) is 10.8 Å². The van der Waals surface area contributed by atoms with Gasteiger partial charge in [-0.1, -0.05) is 0 Å². The number of hydrogen-bond acceptors (Lipinski definition) is 4. The molecule has 0 aliphatic carbocycles. The topological polar surface area (TPSA) is 89.6 Å². The van der Waals surface area contributed by atoms with Gasteiger partial charge in [-0.15, -0.1) is 0 Å². The minimum Gasteiger partial charge on any atom is -0.481 e. The molecule has 0 aliphatic heterocycles. The molecule has 0 saturated heterocycles. The van der Waals surface area contributed by atoms with Crippen LogP contribution in [0.1, 0.15) is 19.3 Å². The maximum atomic E-state index is 10.4. The van der Waals surface area contributed by atoms with E-state index in [1.165, 1.54) is 0 Å². The fourth-order valence-corrected chi connectivity index (χ4v) is 0.623. The number of ether oxygens (including phenoxy) is 1. The van der Waals surface area contributed by atoms with Crippen LogP contribution in [0.15, 0.2) is 0 Å². The SMILES string of the molecule is NCC(=O)OCCCCC(=O)O. The molecule has 12 heavy (non-hydrogen) atoms. The summed E-state index contributed by atoms with van der Waals surface area (Å²) in [6.07, 6.45) is 1.20. The highest BCUT2D eigenvalue weighted by molar-refractivity contribution is 5.71. The van der Waals surface area contributed by atoms with E-state index in [-0.39, 0.29) is 19.6 Å². The maximum absolute atomic E-state index is 10.4. The van der Waals surface area contributed by atoms with E-state index in [1.54, 1.807) is 0 Å². The van der Waals surface area contributed by atoms with E-state index in [2.05, 4.69) is 4.74 Å². The van der Waals surface area contributed by atoms with Crippen molar-refractivity contribution >= 4 is 11.9 Å². The first-order valence-electron chi connectivity index (χ1n) is 3.74. The van der Waals surface area contributed by atoms with Crippen molar-refractivity contribution < 1.29 is 19.4 Å². The quantitative estimate of drug-likeness (QED) is 0.429. The molecule has 5 heteroatoms. The highest BCUT2D eigenvalue weighted by Gasteiger charge is 1.99. The number of carbonyl (C=O) groups excluding carboxylic acids is 1. The van der Waals surface area contributed by atoms with E-state index >= 15 is 0 Å². The summed E-state index contributed by atoms with van der Waals surface area (Å²) < 4.78 is 4.62. The summed E-state index contributed by atoms with van der Waals surface area (Å²) in [6.45, 7) is 0.127. The summed E-state index contributed by atoms with van der Waals surface area (Å²) in [7, 11) is 0. The fourth-order valence-electron chi connectivity index (χ4n) is 0.623. The van der Waals surface area contributed by atoms with Crippen molar-refractivity contribution in [2.24, 2.45) is 5.73 Å². The lowest BCUT2D eigenvalue weighted by Gasteiger charge is -2.00. The van der Waals surface area contributed by atoms with Crippen LogP contribution >= 0.6 is 0 Å². The smallest absolute Gasteiger partial charge is 0.319 e. The second-order valence-corrected chi connectivity index (χ2v) is 2.28. The molecular formula is C7H13NO4. The average Bonchev–Trinajstić information content (AvgIpc) is 2.03. The van der Waals surface area contributed by atoms with Gasteiger partial charge in [0.2, 0.25) is 0 Å². The molecule has 0 heterocycles. The number of unbranched alkanes of at least 4 members (excludes halogenated alkanes) is 1. The Labute approximate surface area is 70.5 Å². The van der Waals surface area contributed by atoms with Gasteiger partial charge < -0.3 is 15.6 Å². The Kier molecular flexibility index (Phi) is 6.00. The van der Waals surface area contributed by atoms with Crippen molar-refractivity contribution in [2.75, 3.05) is 13.2 Å². The number of carboxylic acid groups (broad SMARTS) is 1. The monoisotopic (exact) mass is 175 g/mol. The summed E-state index contributed by atoms with van der Waals surface area (Å²) in [5, 5.41) is 8.24. The first-order valence-corrected chi connectivity index (χ1v) is 3.74. The molecule has 0 atom stereocenters. The Morgan fingerprint density at radius 2 is 2.00 bits per heavy atom. The predicted molar refractivity (Wildman–Crippen MR) is 41.5 cm³/mol. The van der Waals surface area contributed by atoms with Crippen molar-refractivity contribution in [1.82, 2.24) is 0 Å². The third-order valence-electron chi connectivity index (χ3n) is 1.21. The van der Waals surface area contributed by atoms with Crippen LogP contribution in [-0.4, -0.2) is 30.2 Å². The molecule has 0 saturated carbocycles. The standard InChI is InChI=1S/C7H13NO4/c8-5-7(11)12-4-2-1-3-6(9)10/h1-5,8H2,(H,9,10). The molecule has 0 fully saturated rings. The third-order valence-corrected chi connectivity index (χ3v) is 1.21. The second-order valence-electron chi connectivity index (χ2n) is 2.28. The Morgan fingerprint density at radius 1 is 1.33 bits per heavy atom. The summed E-state index contributed by atoms with van der Waals surface area (Å²) in [6, 6.07) is 0. The molecule has 0 rings (SSSR count). The summed E-state index contributed by atoms with van der Waals surface area (Å²) in [5.74, 6) is -1.29. The molecule has 0 aromatic carbocycles. The van der Waals surface area contributed by atoms with Crippen LogP contribution in [0.3, 0.4) is 0 Å². The molecule has 0 aromatic heterocycles. The van der Waals surface area contributed by atoms with Crippen LogP contribution in [0.5, 0.6) is 0 Å². The van der Waals surface area contributed by atoms with Crippen LogP contribution in [0, 0.1) is 0 Å². The van der Waals surface area contributed by atoms with Gasteiger partial charge in [0.25, 0.3) is 0 Å². The molecule has 0 unspecified atom stereocenters. The average molecular weight is 175 g/mol. The van der Waals surface area contributed by atoms with Crippen LogP contribution in [0.25, 0.3) is 0 Å². The van der Waals surface area contributed by atoms with Crippen molar-refractivity contribution in [2.45, 2.75) is 19.3 Å². The van der Waals surface area contributed by atoms with Crippen LogP contribution < -0.4 is 5.73 Å². The van der Waals surface area contributed by atoms with Crippen molar-refractivity contribution in [3.8, 4) is 0 Å². The summed E-state index contributed by atoms with van der Waals surface area (Å²) >= 11 is 0. The molecule has 3 N–H and O–H groups in total. The van der Waals surface area contributed by atoms with Gasteiger partial charge in [0, 0.05) is 6.42 Å². The van der Waals surface area contributed by atoms with Crippen molar-refractivity contribution in [1.29, 1.82) is 0 Å². The maximum Gasteiger partial charge on any atom is 0.319 e. The zero-order valence-electron chi connectivity index (χ0n) is 6.78. The number of esters is 1. The largest absolute Gasteiger partial charge is 0.481 e. The second kappa shape index (κ2) is 6.60. The minimum atomic E-state index is -0.833. The number of hydrogen-bond donors (Lipinski definition) is 2. The molecule has 0 radical (unpaired) electrons. The molecule has 5 nitrogen and oxygen atoms in total. The Bertz CT molecular complexity index is 157. The van der Waals surface area contributed by atoms with Gasteiger partial charge in [-0.05, 0) is 12.8 Å². The van der Waals surface area contributed by atoms with Gasteiger partial charge in [-0.3, -0.25) is 9.59 Å². The zero-order chi connectivity index (χ0) is 9.40. The zero-order valence-corrected chi connectivity index (χ0v) is 6.78. The van der Waals surface area contributed by atoms with Gasteiger partial charge in [-0.2, -0.15) is 0 Å². The van der Waals surface area contributed by atoms with Gasteiger partial charge in [0.15, 0.2) is 0 Å². The summed E-state index contributed by atoms with van der Waals surface area (Å²) in [4.78, 5) is 20.5. The van der Waals surface area contributed by atoms with Gasteiger partial charge in [-0.25, -0.2) is 0 Å². The van der Waals surface area contributed by atoms with Crippen LogP contribution in [0.2, 0.25) is 0 Å². The van der Waals surface area contributed by atoms with Crippen LogP contribution in [-0.2, 0) is 14.3 Å². The molecule has 0 spiro atoms. The lowest BCUT2D eigenvalue weighted by atomic mass is 10.2. The highest BCUT2D eigenvalue weighted by Crippen LogP contribution is 1.95. The fraction of sp³-hybridized carbons (Fsp3) is 0.714. The summed E-state index contributed by atoms with van der Waals surface area (Å²) in [5.41, 5.74) is 4.97. The number of nitrogens with two attached hydrogens (primary N) is 1. The lowest BCUT2D eigenvalue weighted by Crippen LogP contribution is -2.17. The number of carboxylic acids is 1. The molecule has 0 aliphatic rings. The molecule has 0 amide bonds. The predicted octanol–water partition coefficient (Wildman–Crippen LogP) is -0.257. The number of aliphatic carboxylic acids is 1. The van der Waals surface area contributed by atoms with E-state index < -0.39 is 11.9 Å². The Morgan fingerprint density at radius 3 is 2.50 bits per heavy atom. The van der Waals surface area contributed by atoms with Gasteiger partial charge >= 0.3 is 11.9 Å². The third kappa shape index (κ3) is 7.01.